The Kier molecular flexibility index (Phi) is 1.45. The maximum atomic E-state index is 12.2. The van der Waals surface area contributed by atoms with Crippen molar-refractivity contribution in [3.63, 3.8) is 0 Å². The van der Waals surface area contributed by atoms with Crippen molar-refractivity contribution in [3.8, 4) is 0 Å². The van der Waals surface area contributed by atoms with Crippen molar-refractivity contribution in [2.45, 2.75) is 0 Å². The summed E-state index contributed by atoms with van der Waals surface area (Å²) < 4.78 is 24.4. The largest absolute Gasteiger partial charge is 0.299 e. The standard InChI is InChI=1S/C6H4F2N2/c7-3-1-5(9)6(10)2-4(3)8/h1-2,9-10H. The minimum absolute atomic E-state index is 0.307. The molecule has 0 aliphatic heterocycles. The van der Waals surface area contributed by atoms with Gasteiger partial charge in [-0.25, -0.2) is 8.78 Å². The summed E-state index contributed by atoms with van der Waals surface area (Å²) in [5.41, 5.74) is -0.613. The molecule has 52 valence electrons. The van der Waals surface area contributed by atoms with Gasteiger partial charge in [0.1, 0.15) is 0 Å². The van der Waals surface area contributed by atoms with Crippen molar-refractivity contribution in [2.75, 3.05) is 0 Å². The zero-order valence-corrected chi connectivity index (χ0v) is 4.91. The summed E-state index contributed by atoms with van der Waals surface area (Å²) in [7, 11) is 0. The van der Waals surface area contributed by atoms with Crippen molar-refractivity contribution in [1.29, 1.82) is 10.8 Å². The van der Waals surface area contributed by atoms with Crippen LogP contribution in [0.3, 0.4) is 0 Å². The molecule has 0 radical (unpaired) electrons. The minimum Gasteiger partial charge on any atom is -0.299 e. The lowest BCUT2D eigenvalue weighted by Crippen LogP contribution is -2.10. The molecule has 1 aliphatic rings. The second-order valence-corrected chi connectivity index (χ2v) is 1.81. The van der Waals surface area contributed by atoms with Gasteiger partial charge in [-0.15, -0.1) is 0 Å². The van der Waals surface area contributed by atoms with E-state index in [-0.39, 0.29) is 11.4 Å². The molecule has 0 bridgehead atoms. The summed E-state index contributed by atoms with van der Waals surface area (Å²) in [4.78, 5) is 0. The Hall–Kier alpha value is -1.32. The van der Waals surface area contributed by atoms with Crippen LogP contribution in [0.5, 0.6) is 0 Å². The van der Waals surface area contributed by atoms with E-state index < -0.39 is 11.7 Å². The molecule has 0 aromatic heterocycles. The number of hydrogen-bond acceptors (Lipinski definition) is 2. The van der Waals surface area contributed by atoms with Crippen LogP contribution in [0.25, 0.3) is 0 Å². The van der Waals surface area contributed by atoms with E-state index in [0.29, 0.717) is 12.2 Å². The van der Waals surface area contributed by atoms with Crippen molar-refractivity contribution in [1.82, 2.24) is 0 Å². The third kappa shape index (κ3) is 1.00. The normalized spacial score (nSPS) is 18.6. The third-order valence-electron chi connectivity index (χ3n) is 1.06. The molecule has 1 aliphatic carbocycles. The average molecular weight is 142 g/mol. The molecule has 2 nitrogen and oxygen atoms in total. The Labute approximate surface area is 55.9 Å². The number of allylic oxidation sites excluding steroid dienone is 4. The minimum atomic E-state index is -1.08. The number of nitrogens with one attached hydrogen (secondary N) is 2. The fourth-order valence-corrected chi connectivity index (χ4v) is 0.547. The fourth-order valence-electron chi connectivity index (χ4n) is 0.547. The zero-order valence-electron chi connectivity index (χ0n) is 4.91. The van der Waals surface area contributed by atoms with E-state index in [2.05, 4.69) is 0 Å². The molecule has 0 atom stereocenters. The van der Waals surface area contributed by atoms with Gasteiger partial charge in [-0.2, -0.15) is 0 Å². The number of halogens is 2. The highest BCUT2D eigenvalue weighted by Crippen LogP contribution is 2.16. The van der Waals surface area contributed by atoms with Crippen LogP contribution in [0.15, 0.2) is 23.8 Å². The van der Waals surface area contributed by atoms with Crippen LogP contribution >= 0.6 is 0 Å². The highest BCUT2D eigenvalue weighted by molar-refractivity contribution is 6.49. The van der Waals surface area contributed by atoms with E-state index in [1.54, 1.807) is 0 Å². The van der Waals surface area contributed by atoms with Gasteiger partial charge in [0.05, 0.1) is 11.4 Å². The number of rotatable bonds is 0. The van der Waals surface area contributed by atoms with Gasteiger partial charge < -0.3 is 0 Å². The van der Waals surface area contributed by atoms with Crippen LogP contribution in [0, 0.1) is 10.8 Å². The summed E-state index contributed by atoms with van der Waals surface area (Å²) >= 11 is 0. The Morgan fingerprint density at radius 2 is 1.20 bits per heavy atom. The first-order chi connectivity index (χ1) is 4.61. The predicted octanol–water partition coefficient (Wildman–Crippen LogP) is 1.75. The molecule has 0 heterocycles. The summed E-state index contributed by atoms with van der Waals surface area (Å²) in [6.45, 7) is 0. The average Bonchev–Trinajstić information content (AvgIpc) is 1.84. The second-order valence-electron chi connectivity index (χ2n) is 1.81. The summed E-state index contributed by atoms with van der Waals surface area (Å²) in [6, 6.07) is 0. The van der Waals surface area contributed by atoms with Crippen molar-refractivity contribution < 1.29 is 8.78 Å². The first-order valence-corrected chi connectivity index (χ1v) is 2.53. The third-order valence-corrected chi connectivity index (χ3v) is 1.06. The maximum absolute atomic E-state index is 12.2. The van der Waals surface area contributed by atoms with Crippen LogP contribution in [0.1, 0.15) is 0 Å². The monoisotopic (exact) mass is 142 g/mol. The lowest BCUT2D eigenvalue weighted by Gasteiger charge is -2.02. The van der Waals surface area contributed by atoms with Gasteiger partial charge in [0.2, 0.25) is 0 Å². The van der Waals surface area contributed by atoms with Crippen molar-refractivity contribution in [3.05, 3.63) is 23.8 Å². The smallest absolute Gasteiger partial charge is 0.161 e. The SMILES string of the molecule is N=C1C=C(F)C(F)=CC1=N. The molecular weight excluding hydrogens is 138 g/mol. The van der Waals surface area contributed by atoms with E-state index in [9.17, 15) is 8.78 Å². The molecule has 0 amide bonds. The summed E-state index contributed by atoms with van der Waals surface area (Å²) in [6.07, 6.45) is 1.36. The maximum Gasteiger partial charge on any atom is 0.161 e. The highest BCUT2D eigenvalue weighted by Gasteiger charge is 2.13. The lowest BCUT2D eigenvalue weighted by molar-refractivity contribution is 0.546. The van der Waals surface area contributed by atoms with Crippen LogP contribution in [-0.2, 0) is 0 Å². The second kappa shape index (κ2) is 2.13. The van der Waals surface area contributed by atoms with Gasteiger partial charge in [-0.3, -0.25) is 10.8 Å². The quantitative estimate of drug-likeness (QED) is 0.484. The molecule has 0 unspecified atom stereocenters. The summed E-state index contributed by atoms with van der Waals surface area (Å²) in [5, 5.41) is 13.7. The highest BCUT2D eigenvalue weighted by atomic mass is 19.2. The zero-order chi connectivity index (χ0) is 7.72. The van der Waals surface area contributed by atoms with Gasteiger partial charge in [0, 0.05) is 12.2 Å². The Morgan fingerprint density at radius 1 is 0.900 bits per heavy atom. The first kappa shape index (κ1) is 6.80. The molecule has 0 spiro atoms. The molecule has 0 fully saturated rings. The Bertz CT molecular complexity index is 235. The molecule has 10 heavy (non-hydrogen) atoms. The van der Waals surface area contributed by atoms with Crippen LogP contribution < -0.4 is 0 Å². The van der Waals surface area contributed by atoms with Crippen molar-refractivity contribution in [2.24, 2.45) is 0 Å². The Balaban J connectivity index is 3.06. The predicted molar refractivity (Wildman–Crippen MR) is 33.8 cm³/mol. The van der Waals surface area contributed by atoms with Gasteiger partial charge in [-0.05, 0) is 0 Å². The molecular formula is C6H4F2N2. The molecule has 0 aromatic carbocycles. The van der Waals surface area contributed by atoms with E-state index in [0.717, 1.165) is 0 Å². The Morgan fingerprint density at radius 3 is 1.50 bits per heavy atom. The number of hydrogen-bond donors (Lipinski definition) is 2. The lowest BCUT2D eigenvalue weighted by atomic mass is 10.1. The molecule has 0 aromatic rings. The van der Waals surface area contributed by atoms with E-state index in [4.69, 9.17) is 10.8 Å². The molecule has 2 N–H and O–H groups in total. The fraction of sp³-hybridized carbons (Fsp3) is 0. The van der Waals surface area contributed by atoms with Gasteiger partial charge >= 0.3 is 0 Å². The van der Waals surface area contributed by atoms with E-state index >= 15 is 0 Å². The molecule has 0 saturated carbocycles. The molecule has 0 saturated heterocycles. The topological polar surface area (TPSA) is 47.7 Å². The van der Waals surface area contributed by atoms with Gasteiger partial charge in [0.15, 0.2) is 11.7 Å². The van der Waals surface area contributed by atoms with Crippen LogP contribution in [0.4, 0.5) is 8.78 Å². The van der Waals surface area contributed by atoms with E-state index in [1.807, 2.05) is 0 Å². The summed E-state index contributed by atoms with van der Waals surface area (Å²) in [5.74, 6) is -2.16. The van der Waals surface area contributed by atoms with E-state index in [1.165, 1.54) is 0 Å². The first-order valence-electron chi connectivity index (χ1n) is 2.53. The van der Waals surface area contributed by atoms with Gasteiger partial charge in [0.25, 0.3) is 0 Å². The van der Waals surface area contributed by atoms with Gasteiger partial charge in [-0.1, -0.05) is 0 Å². The van der Waals surface area contributed by atoms with Crippen LogP contribution in [0.2, 0.25) is 0 Å². The van der Waals surface area contributed by atoms with Crippen molar-refractivity contribution >= 4 is 11.4 Å². The molecule has 4 heteroatoms. The van der Waals surface area contributed by atoms with Crippen LogP contribution in [-0.4, -0.2) is 11.4 Å². The molecule has 1 rings (SSSR count).